The van der Waals surface area contributed by atoms with Crippen LogP contribution in [0.15, 0.2) is 12.7 Å². The van der Waals surface area contributed by atoms with Crippen molar-refractivity contribution in [3.63, 3.8) is 0 Å². The molecule has 134 valence electrons. The standard InChI is InChI=1S/C6H14O4.C4H10O3.C3H4O2/c7-1-3-9-5-6-10-4-2-8;5-1-3-7-4-2-6;1-2-3(4)5/h7-8H,1-6H2;5-6H,1-4H2;2H,1H2,(H,4,5). The molecule has 0 aliphatic rings. The smallest absolute Gasteiger partial charge is 0.327 e. The molecule has 0 radical (unpaired) electrons. The summed E-state index contributed by atoms with van der Waals surface area (Å²) in [4.78, 5) is 9.25. The lowest BCUT2D eigenvalue weighted by atomic mass is 10.7. The Balaban J connectivity index is -0.000000263. The van der Waals surface area contributed by atoms with E-state index in [-0.39, 0.29) is 26.4 Å². The summed E-state index contributed by atoms with van der Waals surface area (Å²) in [7, 11) is 0. The summed E-state index contributed by atoms with van der Waals surface area (Å²) in [5.74, 6) is -0.981. The number of ether oxygens (including phenoxy) is 3. The molecule has 0 atom stereocenters. The van der Waals surface area contributed by atoms with Crippen LogP contribution < -0.4 is 0 Å². The number of carboxylic acid groups (broad SMARTS) is 1. The molecule has 9 heteroatoms. The second-order valence-corrected chi connectivity index (χ2v) is 3.27. The molecule has 0 saturated carbocycles. The second-order valence-electron chi connectivity index (χ2n) is 3.27. The number of hydrogen-bond donors (Lipinski definition) is 5. The van der Waals surface area contributed by atoms with E-state index in [0.717, 1.165) is 6.08 Å². The van der Waals surface area contributed by atoms with Crippen LogP contribution in [0, 0.1) is 0 Å². The normalized spacial score (nSPS) is 9.09. The molecule has 0 spiro atoms. The summed E-state index contributed by atoms with van der Waals surface area (Å²) in [6, 6.07) is 0. The number of aliphatic carboxylic acids is 1. The highest BCUT2D eigenvalue weighted by Gasteiger charge is 1.86. The molecule has 0 fully saturated rings. The SMILES string of the molecule is C=CC(=O)O.OCCOCCO.OCCOCCOCCO. The van der Waals surface area contributed by atoms with Gasteiger partial charge in [0.25, 0.3) is 0 Å². The van der Waals surface area contributed by atoms with Crippen molar-refractivity contribution in [1.82, 2.24) is 0 Å². The van der Waals surface area contributed by atoms with Crippen molar-refractivity contribution in [2.75, 3.05) is 66.1 Å². The van der Waals surface area contributed by atoms with E-state index in [2.05, 4.69) is 11.3 Å². The van der Waals surface area contributed by atoms with Gasteiger partial charge in [-0.2, -0.15) is 0 Å². The van der Waals surface area contributed by atoms with Gasteiger partial charge in [-0.25, -0.2) is 4.79 Å². The molecule has 0 aliphatic heterocycles. The van der Waals surface area contributed by atoms with E-state index < -0.39 is 5.97 Å². The van der Waals surface area contributed by atoms with Crippen molar-refractivity contribution in [2.24, 2.45) is 0 Å². The third-order valence-corrected chi connectivity index (χ3v) is 1.49. The van der Waals surface area contributed by atoms with Crippen LogP contribution in [0.25, 0.3) is 0 Å². The van der Waals surface area contributed by atoms with Crippen molar-refractivity contribution >= 4 is 5.97 Å². The van der Waals surface area contributed by atoms with Gasteiger partial charge in [0.1, 0.15) is 0 Å². The molecule has 0 aliphatic carbocycles. The molecule has 0 rings (SSSR count). The highest BCUT2D eigenvalue weighted by molar-refractivity contribution is 5.78. The van der Waals surface area contributed by atoms with E-state index >= 15 is 0 Å². The lowest BCUT2D eigenvalue weighted by Gasteiger charge is -2.01. The lowest BCUT2D eigenvalue weighted by molar-refractivity contribution is -0.131. The molecule has 0 aromatic heterocycles. The van der Waals surface area contributed by atoms with Gasteiger partial charge in [0.05, 0.1) is 66.1 Å². The van der Waals surface area contributed by atoms with E-state index in [9.17, 15) is 4.79 Å². The average molecular weight is 328 g/mol. The van der Waals surface area contributed by atoms with Crippen molar-refractivity contribution in [3.8, 4) is 0 Å². The van der Waals surface area contributed by atoms with Gasteiger partial charge in [-0.05, 0) is 0 Å². The van der Waals surface area contributed by atoms with E-state index in [1.165, 1.54) is 0 Å². The first kappa shape index (κ1) is 25.9. The maximum absolute atomic E-state index is 9.25. The monoisotopic (exact) mass is 328 g/mol. The van der Waals surface area contributed by atoms with Gasteiger partial charge in [0.2, 0.25) is 0 Å². The van der Waals surface area contributed by atoms with E-state index in [0.29, 0.717) is 39.6 Å². The zero-order valence-corrected chi connectivity index (χ0v) is 12.7. The molecule has 0 amide bonds. The number of carboxylic acids is 1. The van der Waals surface area contributed by atoms with Crippen LogP contribution in [-0.2, 0) is 19.0 Å². The van der Waals surface area contributed by atoms with Crippen LogP contribution in [0.4, 0.5) is 0 Å². The Bertz CT molecular complexity index is 200. The zero-order chi connectivity index (χ0) is 17.5. The molecule has 9 nitrogen and oxygen atoms in total. The van der Waals surface area contributed by atoms with Crippen LogP contribution in [0.5, 0.6) is 0 Å². The molecule has 0 bridgehead atoms. The van der Waals surface area contributed by atoms with Gasteiger partial charge in [0, 0.05) is 6.08 Å². The van der Waals surface area contributed by atoms with E-state index in [1.807, 2.05) is 0 Å². The highest BCUT2D eigenvalue weighted by atomic mass is 16.5. The number of hydrogen-bond acceptors (Lipinski definition) is 8. The first-order chi connectivity index (χ1) is 10.6. The summed E-state index contributed by atoms with van der Waals surface area (Å²) < 4.78 is 14.4. The number of aliphatic hydroxyl groups is 4. The molecule has 5 N–H and O–H groups in total. The number of carbonyl (C=O) groups is 1. The number of aliphatic hydroxyl groups excluding tert-OH is 4. The first-order valence-electron chi connectivity index (χ1n) is 6.62. The van der Waals surface area contributed by atoms with Crippen molar-refractivity contribution in [2.45, 2.75) is 0 Å². The van der Waals surface area contributed by atoms with Gasteiger partial charge in [-0.15, -0.1) is 0 Å². The fourth-order valence-corrected chi connectivity index (χ4v) is 0.682. The second kappa shape index (κ2) is 28.1. The molecule has 0 unspecified atom stereocenters. The third-order valence-electron chi connectivity index (χ3n) is 1.49. The van der Waals surface area contributed by atoms with Gasteiger partial charge in [-0.1, -0.05) is 6.58 Å². The van der Waals surface area contributed by atoms with Gasteiger partial charge in [0.15, 0.2) is 0 Å². The molecule has 0 heterocycles. The van der Waals surface area contributed by atoms with E-state index in [1.54, 1.807) is 0 Å². The Morgan fingerprint density at radius 2 is 0.955 bits per heavy atom. The lowest BCUT2D eigenvalue weighted by Crippen LogP contribution is -2.09. The summed E-state index contributed by atoms with van der Waals surface area (Å²) in [5.41, 5.74) is 0. The molecule has 0 aromatic carbocycles. The first-order valence-corrected chi connectivity index (χ1v) is 6.62. The zero-order valence-electron chi connectivity index (χ0n) is 12.7. The summed E-state index contributed by atoms with van der Waals surface area (Å²) >= 11 is 0. The minimum absolute atomic E-state index is 0.0278. The quantitative estimate of drug-likeness (QED) is 0.208. The molecular weight excluding hydrogens is 300 g/mol. The summed E-state index contributed by atoms with van der Waals surface area (Å²) in [5, 5.41) is 40.3. The van der Waals surface area contributed by atoms with E-state index in [4.69, 9.17) is 35.0 Å². The van der Waals surface area contributed by atoms with Gasteiger partial charge < -0.3 is 39.7 Å². The Labute approximate surface area is 130 Å². The maximum atomic E-state index is 9.25. The molecule has 22 heavy (non-hydrogen) atoms. The molecule has 0 saturated heterocycles. The van der Waals surface area contributed by atoms with Crippen LogP contribution >= 0.6 is 0 Å². The van der Waals surface area contributed by atoms with Crippen LogP contribution in [0.2, 0.25) is 0 Å². The van der Waals surface area contributed by atoms with Crippen molar-refractivity contribution < 1.29 is 44.5 Å². The maximum Gasteiger partial charge on any atom is 0.327 e. The van der Waals surface area contributed by atoms with Crippen LogP contribution in [0.1, 0.15) is 0 Å². The van der Waals surface area contributed by atoms with Crippen LogP contribution in [0.3, 0.4) is 0 Å². The number of rotatable bonds is 12. The minimum Gasteiger partial charge on any atom is -0.478 e. The average Bonchev–Trinajstić information content (AvgIpc) is 2.52. The van der Waals surface area contributed by atoms with Gasteiger partial charge >= 0.3 is 5.97 Å². The van der Waals surface area contributed by atoms with Crippen LogP contribution in [-0.4, -0.2) is 97.6 Å². The Morgan fingerprint density at radius 3 is 1.14 bits per heavy atom. The highest BCUT2D eigenvalue weighted by Crippen LogP contribution is 1.76. The predicted molar refractivity (Wildman–Crippen MR) is 78.6 cm³/mol. The third kappa shape index (κ3) is 42.8. The summed E-state index contributed by atoms with van der Waals surface area (Å²) in [6.07, 6.45) is 0.833. The fourth-order valence-electron chi connectivity index (χ4n) is 0.682. The molecule has 0 aromatic rings. The fraction of sp³-hybridized carbons (Fsp3) is 0.769. The molecular formula is C13H28O9. The van der Waals surface area contributed by atoms with Gasteiger partial charge in [-0.3, -0.25) is 0 Å². The van der Waals surface area contributed by atoms with Crippen molar-refractivity contribution in [1.29, 1.82) is 0 Å². The Morgan fingerprint density at radius 1 is 0.727 bits per heavy atom. The largest absolute Gasteiger partial charge is 0.478 e. The Kier molecular flexibility index (Phi) is 33.1. The minimum atomic E-state index is -0.981. The predicted octanol–water partition coefficient (Wildman–Crippen LogP) is -1.75. The van der Waals surface area contributed by atoms with Crippen molar-refractivity contribution in [3.05, 3.63) is 12.7 Å². The topological polar surface area (TPSA) is 146 Å². The summed E-state index contributed by atoms with van der Waals surface area (Å²) in [6.45, 7) is 5.38. The Hall–Kier alpha value is -1.07.